The van der Waals surface area contributed by atoms with Crippen molar-refractivity contribution >= 4 is 18.8 Å². The van der Waals surface area contributed by atoms with E-state index in [4.69, 9.17) is 4.52 Å². The molecule has 1 unspecified atom stereocenters. The van der Waals surface area contributed by atoms with E-state index in [9.17, 15) is 4.57 Å². The Kier molecular flexibility index (Phi) is 3.86. The van der Waals surface area contributed by atoms with Crippen LogP contribution in [-0.2, 0) is 9.09 Å². The van der Waals surface area contributed by atoms with E-state index in [1.165, 1.54) is 6.66 Å². The molecule has 56 valence electrons. The summed E-state index contributed by atoms with van der Waals surface area (Å²) in [5, 5.41) is 0. The second-order valence-electron chi connectivity index (χ2n) is 2.49. The van der Waals surface area contributed by atoms with Gasteiger partial charge in [0.15, 0.2) is 0 Å². The average molecular weight is 168 g/mol. The van der Waals surface area contributed by atoms with E-state index in [0.29, 0.717) is 12.5 Å². The minimum absolute atomic E-state index is 0.422. The molecule has 0 rings (SSSR count). The Balaban J connectivity index is 3.40. The fourth-order valence-corrected chi connectivity index (χ4v) is 1.06. The van der Waals surface area contributed by atoms with E-state index in [2.05, 4.69) is 12.2 Å². The van der Waals surface area contributed by atoms with Crippen LogP contribution in [0.2, 0.25) is 0 Å². The third-order valence-corrected chi connectivity index (χ3v) is 1.62. The lowest BCUT2D eigenvalue weighted by atomic mass is 10.2. The topological polar surface area (TPSA) is 26.3 Å². The monoisotopic (exact) mass is 168 g/mol. The van der Waals surface area contributed by atoms with Gasteiger partial charge in [0.05, 0.1) is 6.61 Å². The molecule has 0 spiro atoms. The van der Waals surface area contributed by atoms with Crippen LogP contribution in [0.15, 0.2) is 0 Å². The van der Waals surface area contributed by atoms with Crippen molar-refractivity contribution in [3.05, 3.63) is 0 Å². The molecule has 0 aliphatic carbocycles. The highest BCUT2D eigenvalue weighted by molar-refractivity contribution is 8.46. The predicted molar refractivity (Wildman–Crippen MR) is 43.3 cm³/mol. The van der Waals surface area contributed by atoms with Gasteiger partial charge in [-0.05, 0) is 5.92 Å². The Morgan fingerprint density at radius 1 is 1.67 bits per heavy atom. The molecule has 0 aromatic rings. The van der Waals surface area contributed by atoms with Gasteiger partial charge in [0.1, 0.15) is 0 Å². The van der Waals surface area contributed by atoms with E-state index in [-0.39, 0.29) is 0 Å². The van der Waals surface area contributed by atoms with Crippen molar-refractivity contribution < 1.29 is 9.09 Å². The van der Waals surface area contributed by atoms with Crippen LogP contribution >= 0.6 is 18.8 Å². The van der Waals surface area contributed by atoms with Crippen LogP contribution in [0.4, 0.5) is 0 Å². The Morgan fingerprint density at radius 2 is 2.11 bits per heavy atom. The van der Waals surface area contributed by atoms with Gasteiger partial charge in [0.2, 0.25) is 0 Å². The summed E-state index contributed by atoms with van der Waals surface area (Å²) >= 11 is 3.76. The average Bonchev–Trinajstić information content (AvgIpc) is 1.59. The van der Waals surface area contributed by atoms with Crippen LogP contribution < -0.4 is 0 Å². The fraction of sp³-hybridized carbons (Fsp3) is 1.00. The molecule has 1 atom stereocenters. The van der Waals surface area contributed by atoms with Gasteiger partial charge in [-0.15, -0.1) is 0 Å². The number of rotatable bonds is 3. The zero-order valence-corrected chi connectivity index (χ0v) is 7.78. The number of hydrogen-bond acceptors (Lipinski definition) is 2. The largest absolute Gasteiger partial charge is 0.321 e. The Labute approximate surface area is 61.6 Å². The van der Waals surface area contributed by atoms with Crippen molar-refractivity contribution in [2.75, 3.05) is 13.3 Å². The Bertz CT molecular complexity index is 118. The SMILES string of the molecule is CC(C)COP(C)(=O)S. The first-order chi connectivity index (χ1) is 3.92. The molecule has 0 heterocycles. The Hall–Kier alpha value is 0.540. The molecule has 0 N–H and O–H groups in total. The van der Waals surface area contributed by atoms with Crippen LogP contribution in [0, 0.1) is 5.92 Å². The van der Waals surface area contributed by atoms with E-state index in [1.54, 1.807) is 0 Å². The fourth-order valence-electron chi connectivity index (χ4n) is 0.287. The maximum absolute atomic E-state index is 10.8. The van der Waals surface area contributed by atoms with Crippen molar-refractivity contribution in [2.45, 2.75) is 13.8 Å². The van der Waals surface area contributed by atoms with Crippen molar-refractivity contribution in [1.29, 1.82) is 0 Å². The van der Waals surface area contributed by atoms with Crippen LogP contribution in [0.25, 0.3) is 0 Å². The quantitative estimate of drug-likeness (QED) is 0.517. The van der Waals surface area contributed by atoms with Crippen LogP contribution in [-0.4, -0.2) is 13.3 Å². The summed E-state index contributed by atoms with van der Waals surface area (Å²) in [6, 6.07) is 0. The maximum atomic E-state index is 10.8. The Morgan fingerprint density at radius 3 is 2.22 bits per heavy atom. The predicted octanol–water partition coefficient (Wildman–Crippen LogP) is 2.41. The molecular formula is C5H13O2PS. The molecule has 0 saturated heterocycles. The normalized spacial score (nSPS) is 17.9. The van der Waals surface area contributed by atoms with E-state index in [0.717, 1.165) is 0 Å². The highest BCUT2D eigenvalue weighted by atomic mass is 32.7. The van der Waals surface area contributed by atoms with Crippen LogP contribution in [0.3, 0.4) is 0 Å². The van der Waals surface area contributed by atoms with Gasteiger partial charge in [-0.1, -0.05) is 26.1 Å². The van der Waals surface area contributed by atoms with E-state index < -0.39 is 6.57 Å². The minimum atomic E-state index is -2.53. The molecule has 0 saturated carbocycles. The van der Waals surface area contributed by atoms with Crippen molar-refractivity contribution in [1.82, 2.24) is 0 Å². The minimum Gasteiger partial charge on any atom is -0.321 e. The van der Waals surface area contributed by atoms with E-state index in [1.807, 2.05) is 13.8 Å². The summed E-state index contributed by atoms with van der Waals surface area (Å²) in [5.74, 6) is 0.422. The van der Waals surface area contributed by atoms with Gasteiger partial charge < -0.3 is 4.52 Å². The van der Waals surface area contributed by atoms with Gasteiger partial charge >= 0.3 is 0 Å². The smallest absolute Gasteiger partial charge is 0.251 e. The first-order valence-corrected chi connectivity index (χ1v) is 6.09. The standard InChI is InChI=1S/C5H13O2PS/c1-5(2)4-7-8(3,6)9/h5H,4H2,1-3H3,(H,6,9). The third kappa shape index (κ3) is 8.54. The number of hydrogen-bond donors (Lipinski definition) is 1. The van der Waals surface area contributed by atoms with Gasteiger partial charge in [0.25, 0.3) is 6.57 Å². The molecule has 2 nitrogen and oxygen atoms in total. The van der Waals surface area contributed by atoms with Crippen LogP contribution in [0.1, 0.15) is 13.8 Å². The van der Waals surface area contributed by atoms with Crippen molar-refractivity contribution in [2.24, 2.45) is 5.92 Å². The molecule has 0 aromatic heterocycles. The maximum Gasteiger partial charge on any atom is 0.251 e. The summed E-state index contributed by atoms with van der Waals surface area (Å²) < 4.78 is 15.7. The van der Waals surface area contributed by atoms with Crippen LogP contribution in [0.5, 0.6) is 0 Å². The zero-order valence-electron chi connectivity index (χ0n) is 6.00. The number of thiol groups is 1. The molecule has 0 radical (unpaired) electrons. The molecular weight excluding hydrogens is 155 g/mol. The lowest BCUT2D eigenvalue weighted by molar-refractivity contribution is 0.282. The van der Waals surface area contributed by atoms with E-state index >= 15 is 0 Å². The molecule has 9 heavy (non-hydrogen) atoms. The summed E-state index contributed by atoms with van der Waals surface area (Å²) in [5.41, 5.74) is 0. The summed E-state index contributed by atoms with van der Waals surface area (Å²) in [4.78, 5) is 0. The first-order valence-electron chi connectivity index (χ1n) is 2.86. The highest BCUT2D eigenvalue weighted by Crippen LogP contribution is 2.47. The van der Waals surface area contributed by atoms with Crippen molar-refractivity contribution in [3.63, 3.8) is 0 Å². The zero-order chi connectivity index (χ0) is 7.49. The molecule has 0 aliphatic heterocycles. The third-order valence-electron chi connectivity index (χ3n) is 0.647. The van der Waals surface area contributed by atoms with Gasteiger partial charge in [-0.25, -0.2) is 0 Å². The lowest BCUT2D eigenvalue weighted by Gasteiger charge is -2.08. The second kappa shape index (κ2) is 3.65. The summed E-state index contributed by atoms with van der Waals surface area (Å²) in [6.07, 6.45) is 0. The molecule has 0 aliphatic rings. The van der Waals surface area contributed by atoms with Gasteiger partial charge in [-0.2, -0.15) is 0 Å². The van der Waals surface area contributed by atoms with Gasteiger partial charge in [-0.3, -0.25) is 4.57 Å². The molecule has 0 amide bonds. The molecule has 0 bridgehead atoms. The molecule has 0 fully saturated rings. The molecule has 4 heteroatoms. The van der Waals surface area contributed by atoms with Crippen molar-refractivity contribution in [3.8, 4) is 0 Å². The lowest BCUT2D eigenvalue weighted by Crippen LogP contribution is -1.97. The highest BCUT2D eigenvalue weighted by Gasteiger charge is 2.08. The van der Waals surface area contributed by atoms with Gasteiger partial charge in [0, 0.05) is 6.66 Å². The second-order valence-corrected chi connectivity index (χ2v) is 6.54. The first kappa shape index (κ1) is 9.54. The molecule has 0 aromatic carbocycles. The summed E-state index contributed by atoms with van der Waals surface area (Å²) in [7, 11) is 0. The summed E-state index contributed by atoms with van der Waals surface area (Å²) in [6.45, 7) is 3.51.